The fourth-order valence-electron chi connectivity index (χ4n) is 3.96. The van der Waals surface area contributed by atoms with Crippen LogP contribution in [0.1, 0.15) is 11.1 Å². The molecule has 0 heterocycles. The SMILES string of the molecule is COC(OC)[C@@H](OCc1ccccc1)[C@@H](COP(=O)(Oc1ccccc1)Oc1ccccc1)OCc1ccccc1. The minimum atomic E-state index is -4.19. The van der Waals surface area contributed by atoms with Crippen LogP contribution in [0, 0.1) is 0 Å². The molecule has 0 fully saturated rings. The fraction of sp³-hybridized carbons (Fsp3) is 0.250. The number of hydrogen-bond acceptors (Lipinski definition) is 8. The van der Waals surface area contributed by atoms with Gasteiger partial charge < -0.3 is 28.0 Å². The van der Waals surface area contributed by atoms with E-state index in [-0.39, 0.29) is 19.8 Å². The summed E-state index contributed by atoms with van der Waals surface area (Å²) < 4.78 is 55.4. The van der Waals surface area contributed by atoms with Gasteiger partial charge in [0.05, 0.1) is 19.8 Å². The maximum atomic E-state index is 14.0. The highest BCUT2D eigenvalue weighted by atomic mass is 31.2. The van der Waals surface area contributed by atoms with Crippen LogP contribution in [0.25, 0.3) is 0 Å². The summed E-state index contributed by atoms with van der Waals surface area (Å²) in [5, 5.41) is 0. The molecule has 216 valence electrons. The van der Waals surface area contributed by atoms with Gasteiger partial charge in [0.15, 0.2) is 6.29 Å². The lowest BCUT2D eigenvalue weighted by atomic mass is 10.1. The topological polar surface area (TPSA) is 81.7 Å². The van der Waals surface area contributed by atoms with Gasteiger partial charge in [0.25, 0.3) is 0 Å². The summed E-state index contributed by atoms with van der Waals surface area (Å²) in [6.07, 6.45) is -2.38. The smallest absolute Gasteiger partial charge is 0.395 e. The summed E-state index contributed by atoms with van der Waals surface area (Å²) in [7, 11) is -1.16. The van der Waals surface area contributed by atoms with Crippen molar-refractivity contribution in [3.63, 3.8) is 0 Å². The number of phosphoric ester groups is 1. The lowest BCUT2D eigenvalue weighted by Crippen LogP contribution is -2.45. The van der Waals surface area contributed by atoms with E-state index in [0.29, 0.717) is 11.5 Å². The number of para-hydroxylation sites is 2. The van der Waals surface area contributed by atoms with Crippen molar-refractivity contribution in [2.75, 3.05) is 20.8 Å². The summed E-state index contributed by atoms with van der Waals surface area (Å²) in [5.74, 6) is 0.661. The van der Waals surface area contributed by atoms with Crippen LogP contribution in [0.3, 0.4) is 0 Å². The zero-order valence-corrected chi connectivity index (χ0v) is 24.0. The standard InChI is InChI=1S/C32H35O8P/c1-34-32(35-2)31(37-24-27-17-9-4-10-18-27)30(36-23-26-15-7-3-8-16-26)25-38-41(33,39-28-19-11-5-12-20-28)40-29-21-13-6-14-22-29/h3-22,30-32H,23-25H2,1-2H3/t30-,31+/m1/s1. The molecule has 4 aromatic rings. The van der Waals surface area contributed by atoms with E-state index in [1.807, 2.05) is 72.8 Å². The van der Waals surface area contributed by atoms with Crippen molar-refractivity contribution in [1.82, 2.24) is 0 Å². The molecule has 0 spiro atoms. The fourth-order valence-corrected chi connectivity index (χ4v) is 5.20. The van der Waals surface area contributed by atoms with Crippen LogP contribution in [0.2, 0.25) is 0 Å². The van der Waals surface area contributed by atoms with Crippen LogP contribution in [0.4, 0.5) is 0 Å². The molecule has 0 unspecified atom stereocenters. The van der Waals surface area contributed by atoms with Gasteiger partial charge in [-0.25, -0.2) is 4.57 Å². The van der Waals surface area contributed by atoms with Crippen molar-refractivity contribution >= 4 is 7.82 Å². The van der Waals surface area contributed by atoms with Crippen LogP contribution in [0.5, 0.6) is 11.5 Å². The molecule has 9 heteroatoms. The van der Waals surface area contributed by atoms with Gasteiger partial charge in [-0.15, -0.1) is 0 Å². The number of benzene rings is 4. The molecule has 0 aliphatic rings. The zero-order valence-electron chi connectivity index (χ0n) is 23.1. The molecule has 8 nitrogen and oxygen atoms in total. The predicted molar refractivity (Wildman–Crippen MR) is 156 cm³/mol. The highest BCUT2D eigenvalue weighted by molar-refractivity contribution is 7.49. The molecule has 0 aromatic heterocycles. The van der Waals surface area contributed by atoms with Crippen molar-refractivity contribution in [3.05, 3.63) is 132 Å². The van der Waals surface area contributed by atoms with Crippen LogP contribution < -0.4 is 9.05 Å². The maximum absolute atomic E-state index is 14.0. The van der Waals surface area contributed by atoms with E-state index in [1.54, 1.807) is 48.5 Å². The molecule has 41 heavy (non-hydrogen) atoms. The van der Waals surface area contributed by atoms with Crippen molar-refractivity contribution in [2.24, 2.45) is 0 Å². The Hall–Kier alpha value is -3.49. The third-order valence-electron chi connectivity index (χ3n) is 6.01. The minimum absolute atomic E-state index is 0.216. The molecule has 0 aliphatic carbocycles. The first-order chi connectivity index (χ1) is 20.1. The first-order valence-electron chi connectivity index (χ1n) is 13.2. The third-order valence-corrected chi connectivity index (χ3v) is 7.34. The van der Waals surface area contributed by atoms with Crippen molar-refractivity contribution in [3.8, 4) is 11.5 Å². The van der Waals surface area contributed by atoms with E-state index in [0.717, 1.165) is 11.1 Å². The Labute approximate surface area is 241 Å². The van der Waals surface area contributed by atoms with Crippen molar-refractivity contribution in [2.45, 2.75) is 31.7 Å². The molecular weight excluding hydrogens is 543 g/mol. The van der Waals surface area contributed by atoms with Crippen LogP contribution in [-0.2, 0) is 41.3 Å². The summed E-state index contributed by atoms with van der Waals surface area (Å²) in [6, 6.07) is 36.8. The molecule has 2 atom stereocenters. The first kappa shape index (κ1) is 30.5. The molecule has 0 bridgehead atoms. The molecule has 4 rings (SSSR count). The second kappa shape index (κ2) is 16.1. The van der Waals surface area contributed by atoms with Gasteiger partial charge in [-0.05, 0) is 35.4 Å². The highest BCUT2D eigenvalue weighted by Crippen LogP contribution is 2.50. The van der Waals surface area contributed by atoms with Gasteiger partial charge in [-0.3, -0.25) is 4.52 Å². The summed E-state index contributed by atoms with van der Waals surface area (Å²) in [4.78, 5) is 0. The van der Waals surface area contributed by atoms with Gasteiger partial charge in [-0.1, -0.05) is 97.1 Å². The molecule has 0 amide bonds. The van der Waals surface area contributed by atoms with E-state index < -0.39 is 26.3 Å². The average molecular weight is 579 g/mol. The lowest BCUT2D eigenvalue weighted by molar-refractivity contribution is -0.225. The van der Waals surface area contributed by atoms with E-state index in [1.165, 1.54) is 14.2 Å². The van der Waals surface area contributed by atoms with E-state index in [9.17, 15) is 4.57 Å². The highest BCUT2D eigenvalue weighted by Gasteiger charge is 2.38. The molecule has 0 N–H and O–H groups in total. The Balaban J connectivity index is 1.59. The Kier molecular flexibility index (Phi) is 11.9. The van der Waals surface area contributed by atoms with Gasteiger partial charge in [0.2, 0.25) is 0 Å². The number of ether oxygens (including phenoxy) is 4. The monoisotopic (exact) mass is 578 g/mol. The van der Waals surface area contributed by atoms with Crippen molar-refractivity contribution < 1.29 is 37.1 Å². The molecule has 0 saturated carbocycles. The normalized spacial score (nSPS) is 13.0. The number of hydrogen-bond donors (Lipinski definition) is 0. The molecule has 0 radical (unpaired) electrons. The number of rotatable bonds is 17. The number of phosphoric acid groups is 1. The molecule has 0 saturated heterocycles. The second-order valence-electron chi connectivity index (χ2n) is 8.99. The molecule has 4 aromatic carbocycles. The third kappa shape index (κ3) is 9.83. The Morgan fingerprint density at radius 2 is 1.00 bits per heavy atom. The van der Waals surface area contributed by atoms with Gasteiger partial charge >= 0.3 is 7.82 Å². The average Bonchev–Trinajstić information content (AvgIpc) is 3.01. The van der Waals surface area contributed by atoms with E-state index >= 15 is 0 Å². The van der Waals surface area contributed by atoms with Crippen molar-refractivity contribution in [1.29, 1.82) is 0 Å². The maximum Gasteiger partial charge on any atom is 0.587 e. The minimum Gasteiger partial charge on any atom is -0.395 e. The molecule has 0 aliphatic heterocycles. The summed E-state index contributed by atoms with van der Waals surface area (Å²) >= 11 is 0. The zero-order chi connectivity index (χ0) is 28.8. The Morgan fingerprint density at radius 3 is 1.44 bits per heavy atom. The Bertz CT molecular complexity index is 1260. The largest absolute Gasteiger partial charge is 0.587 e. The predicted octanol–water partition coefficient (Wildman–Crippen LogP) is 7.06. The van der Waals surface area contributed by atoms with Crippen LogP contribution in [-0.4, -0.2) is 39.3 Å². The summed E-state index contributed by atoms with van der Waals surface area (Å²) in [5.41, 5.74) is 1.90. The first-order valence-corrected chi connectivity index (χ1v) is 14.6. The van der Waals surface area contributed by atoms with Crippen LogP contribution in [0.15, 0.2) is 121 Å². The number of methoxy groups -OCH3 is 2. The Morgan fingerprint density at radius 1 is 0.585 bits per heavy atom. The molecular formula is C32H35O8P. The van der Waals surface area contributed by atoms with Gasteiger partial charge in [0.1, 0.15) is 23.7 Å². The lowest BCUT2D eigenvalue weighted by Gasteiger charge is -2.32. The van der Waals surface area contributed by atoms with E-state index in [4.69, 9.17) is 32.5 Å². The quantitative estimate of drug-likeness (QED) is 0.0973. The second-order valence-corrected chi connectivity index (χ2v) is 10.5. The van der Waals surface area contributed by atoms with Crippen LogP contribution >= 0.6 is 7.82 Å². The van der Waals surface area contributed by atoms with E-state index in [2.05, 4.69) is 0 Å². The summed E-state index contributed by atoms with van der Waals surface area (Å²) in [6.45, 7) is 0.286. The van der Waals surface area contributed by atoms with Gasteiger partial charge in [-0.2, -0.15) is 0 Å². The van der Waals surface area contributed by atoms with Gasteiger partial charge in [0, 0.05) is 14.2 Å².